The van der Waals surface area contributed by atoms with Crippen molar-refractivity contribution in [3.05, 3.63) is 34.2 Å². The molecule has 4 aliphatic rings. The van der Waals surface area contributed by atoms with Crippen molar-refractivity contribution in [2.45, 2.75) is 62.6 Å². The summed E-state index contributed by atoms with van der Waals surface area (Å²) in [5.41, 5.74) is 0.795. The van der Waals surface area contributed by atoms with E-state index in [1.165, 1.54) is 25.0 Å². The van der Waals surface area contributed by atoms with Crippen LogP contribution in [0.15, 0.2) is 23.0 Å². The smallest absolute Gasteiger partial charge is 0.250 e. The topological polar surface area (TPSA) is 48.7 Å². The molecule has 4 atom stereocenters. The summed E-state index contributed by atoms with van der Waals surface area (Å²) in [5.74, 6) is 0.974. The van der Waals surface area contributed by atoms with Gasteiger partial charge in [-0.1, -0.05) is 12.5 Å². The molecular weight excluding hydrogens is 326 g/mol. The zero-order valence-corrected chi connectivity index (χ0v) is 15.6. The molecule has 4 aliphatic heterocycles. The number of likely N-dealkylation sites (tertiary alicyclic amines) is 1. The van der Waals surface area contributed by atoms with Crippen LogP contribution in [0.4, 0.5) is 0 Å². The highest BCUT2D eigenvalue weighted by Gasteiger charge is 2.46. The van der Waals surface area contributed by atoms with Crippen LogP contribution in [0, 0.1) is 5.92 Å². The highest BCUT2D eigenvalue weighted by atomic mass is 16.3. The lowest BCUT2D eigenvalue weighted by Gasteiger charge is -2.52. The molecule has 5 rings (SSSR count). The van der Waals surface area contributed by atoms with Crippen LogP contribution in [0.2, 0.25) is 0 Å². The zero-order chi connectivity index (χ0) is 17.7. The van der Waals surface area contributed by atoms with Gasteiger partial charge in [-0.3, -0.25) is 14.6 Å². The molecule has 1 aromatic rings. The minimum atomic E-state index is -0.555. The molecule has 0 aliphatic carbocycles. The molecule has 0 amide bonds. The van der Waals surface area contributed by atoms with Crippen LogP contribution in [0.1, 0.15) is 50.1 Å². The van der Waals surface area contributed by atoms with Crippen molar-refractivity contribution in [3.63, 3.8) is 0 Å². The predicted molar refractivity (Wildman–Crippen MR) is 101 cm³/mol. The van der Waals surface area contributed by atoms with E-state index in [0.29, 0.717) is 17.9 Å². The summed E-state index contributed by atoms with van der Waals surface area (Å²) < 4.78 is 1.99. The number of pyridine rings is 1. The molecule has 1 aromatic heterocycles. The first-order valence-corrected chi connectivity index (χ1v) is 10.5. The van der Waals surface area contributed by atoms with Gasteiger partial charge in [0.1, 0.15) is 0 Å². The van der Waals surface area contributed by atoms with Gasteiger partial charge in [0, 0.05) is 49.9 Å². The summed E-state index contributed by atoms with van der Waals surface area (Å²) in [6, 6.07) is 6.07. The van der Waals surface area contributed by atoms with Crippen molar-refractivity contribution >= 4 is 0 Å². The average molecular weight is 357 g/mol. The van der Waals surface area contributed by atoms with E-state index in [1.54, 1.807) is 6.07 Å². The fourth-order valence-corrected chi connectivity index (χ4v) is 6.32. The maximum Gasteiger partial charge on any atom is 0.250 e. The normalized spacial score (nSPS) is 37.8. The number of piperidine rings is 3. The highest BCUT2D eigenvalue weighted by Crippen LogP contribution is 2.39. The van der Waals surface area contributed by atoms with Crippen LogP contribution in [-0.4, -0.2) is 63.8 Å². The molecule has 5 nitrogen and oxygen atoms in total. The summed E-state index contributed by atoms with van der Waals surface area (Å²) in [7, 11) is 0. The number of hydrogen-bond acceptors (Lipinski definition) is 4. The van der Waals surface area contributed by atoms with Crippen molar-refractivity contribution in [3.8, 4) is 0 Å². The molecule has 2 bridgehead atoms. The van der Waals surface area contributed by atoms with Crippen LogP contribution in [0.5, 0.6) is 0 Å². The largest absolute Gasteiger partial charge is 0.387 e. The van der Waals surface area contributed by atoms with E-state index in [2.05, 4.69) is 15.9 Å². The van der Waals surface area contributed by atoms with Gasteiger partial charge < -0.3 is 9.67 Å². The van der Waals surface area contributed by atoms with Crippen LogP contribution in [0.3, 0.4) is 0 Å². The molecule has 3 saturated heterocycles. The van der Waals surface area contributed by atoms with Crippen molar-refractivity contribution < 1.29 is 5.11 Å². The Morgan fingerprint density at radius 3 is 2.92 bits per heavy atom. The SMILES string of the molecule is O=c1cccc2n1C[C@@H]1C[C@H]2CN(C[C@]2(O)CCCN3CCCC[C@@H]32)C1. The lowest BCUT2D eigenvalue weighted by Crippen LogP contribution is -2.63. The van der Waals surface area contributed by atoms with E-state index >= 15 is 0 Å². The van der Waals surface area contributed by atoms with Crippen molar-refractivity contribution in [2.75, 3.05) is 32.7 Å². The summed E-state index contributed by atoms with van der Waals surface area (Å²) in [6.07, 6.45) is 6.93. The van der Waals surface area contributed by atoms with Gasteiger partial charge in [0.15, 0.2) is 0 Å². The molecule has 1 N–H and O–H groups in total. The molecule has 5 heterocycles. The van der Waals surface area contributed by atoms with Crippen LogP contribution < -0.4 is 5.56 Å². The Morgan fingerprint density at radius 1 is 1.12 bits per heavy atom. The lowest BCUT2D eigenvalue weighted by molar-refractivity contribution is -0.114. The number of aliphatic hydroxyl groups is 1. The maximum atomic E-state index is 12.2. The molecule has 0 spiro atoms. The van der Waals surface area contributed by atoms with Crippen LogP contribution in [-0.2, 0) is 6.54 Å². The predicted octanol–water partition coefficient (Wildman–Crippen LogP) is 1.65. The van der Waals surface area contributed by atoms with E-state index in [4.69, 9.17) is 0 Å². The molecule has 142 valence electrons. The third-order valence-corrected chi connectivity index (χ3v) is 7.34. The van der Waals surface area contributed by atoms with Crippen molar-refractivity contribution in [1.82, 2.24) is 14.4 Å². The summed E-state index contributed by atoms with van der Waals surface area (Å²) in [4.78, 5) is 17.3. The van der Waals surface area contributed by atoms with Crippen LogP contribution in [0.25, 0.3) is 0 Å². The minimum Gasteiger partial charge on any atom is -0.387 e. The second-order valence-electron chi connectivity index (χ2n) is 9.15. The van der Waals surface area contributed by atoms with E-state index in [-0.39, 0.29) is 5.56 Å². The summed E-state index contributed by atoms with van der Waals surface area (Å²) >= 11 is 0. The quantitative estimate of drug-likeness (QED) is 0.874. The monoisotopic (exact) mass is 357 g/mol. The van der Waals surface area contributed by atoms with Gasteiger partial charge in [0.2, 0.25) is 0 Å². The minimum absolute atomic E-state index is 0.148. The summed E-state index contributed by atoms with van der Waals surface area (Å²) in [5, 5.41) is 11.6. The Labute approximate surface area is 155 Å². The second kappa shape index (κ2) is 6.47. The molecule has 3 fully saturated rings. The number of hydrogen-bond donors (Lipinski definition) is 1. The Bertz CT molecular complexity index is 730. The van der Waals surface area contributed by atoms with E-state index < -0.39 is 5.60 Å². The molecule has 0 radical (unpaired) electrons. The van der Waals surface area contributed by atoms with Gasteiger partial charge in [0.25, 0.3) is 5.56 Å². The Balaban J connectivity index is 1.35. The van der Waals surface area contributed by atoms with Gasteiger partial charge in [-0.25, -0.2) is 0 Å². The Morgan fingerprint density at radius 2 is 2.00 bits per heavy atom. The lowest BCUT2D eigenvalue weighted by atomic mass is 9.77. The van der Waals surface area contributed by atoms with Gasteiger partial charge in [-0.05, 0) is 57.2 Å². The first-order valence-electron chi connectivity index (χ1n) is 10.5. The first-order chi connectivity index (χ1) is 12.6. The van der Waals surface area contributed by atoms with E-state index in [1.807, 2.05) is 10.6 Å². The second-order valence-corrected chi connectivity index (χ2v) is 9.15. The molecule has 5 heteroatoms. The van der Waals surface area contributed by atoms with Crippen molar-refractivity contribution in [1.29, 1.82) is 0 Å². The third kappa shape index (κ3) is 2.85. The van der Waals surface area contributed by atoms with Gasteiger partial charge in [-0.2, -0.15) is 0 Å². The standard InChI is InChI=1S/C21H31N3O2/c25-20-7-3-5-18-17-11-16(13-24(18)20)12-22(14-17)15-21(26)8-4-10-23-9-2-1-6-19(21)23/h3,5,7,16-17,19,26H,1-2,4,6,8-15H2/t16-,17+,19-,21-/m1/s1. The van der Waals surface area contributed by atoms with Crippen molar-refractivity contribution in [2.24, 2.45) is 5.92 Å². The average Bonchev–Trinajstić information content (AvgIpc) is 2.63. The van der Waals surface area contributed by atoms with Gasteiger partial charge in [-0.15, -0.1) is 0 Å². The number of aromatic nitrogens is 1. The van der Waals surface area contributed by atoms with Crippen LogP contribution >= 0.6 is 0 Å². The third-order valence-electron chi connectivity index (χ3n) is 7.34. The fraction of sp³-hybridized carbons (Fsp3) is 0.762. The molecule has 0 unspecified atom stereocenters. The van der Waals surface area contributed by atoms with Gasteiger partial charge >= 0.3 is 0 Å². The van der Waals surface area contributed by atoms with E-state index in [0.717, 1.165) is 58.5 Å². The number of nitrogens with zero attached hydrogens (tertiary/aromatic N) is 3. The number of rotatable bonds is 2. The zero-order valence-electron chi connectivity index (χ0n) is 15.6. The highest BCUT2D eigenvalue weighted by molar-refractivity contribution is 5.17. The molecular formula is C21H31N3O2. The molecule has 0 saturated carbocycles. The number of β-amino-alcohol motifs (C(OH)–C–C–N with tert-alkyl or cyclic N) is 1. The summed E-state index contributed by atoms with van der Waals surface area (Å²) in [6.45, 7) is 5.97. The Hall–Kier alpha value is -1.17. The maximum absolute atomic E-state index is 12.2. The number of fused-ring (bicyclic) bond motifs is 5. The van der Waals surface area contributed by atoms with Gasteiger partial charge in [0.05, 0.1) is 5.60 Å². The van der Waals surface area contributed by atoms with E-state index in [9.17, 15) is 9.90 Å². The molecule has 26 heavy (non-hydrogen) atoms. The fourth-order valence-electron chi connectivity index (χ4n) is 6.32. The molecule has 0 aromatic carbocycles. The Kier molecular flexibility index (Phi) is 4.22. The first kappa shape index (κ1) is 17.0.